The SMILES string of the molecule is COC(=O)[C@@H]1CC=C(N)C1. The summed E-state index contributed by atoms with van der Waals surface area (Å²) in [7, 11) is 1.40. The van der Waals surface area contributed by atoms with E-state index in [-0.39, 0.29) is 11.9 Å². The van der Waals surface area contributed by atoms with Crippen molar-refractivity contribution in [1.82, 2.24) is 0 Å². The third-order valence-electron chi connectivity index (χ3n) is 1.68. The molecule has 0 spiro atoms. The Morgan fingerprint density at radius 1 is 1.90 bits per heavy atom. The minimum Gasteiger partial charge on any atom is -0.469 e. The normalized spacial score (nSPS) is 24.1. The van der Waals surface area contributed by atoms with Crippen LogP contribution >= 0.6 is 0 Å². The second-order valence-corrected chi connectivity index (χ2v) is 2.44. The molecule has 0 aliphatic heterocycles. The summed E-state index contributed by atoms with van der Waals surface area (Å²) in [5, 5.41) is 0. The molecule has 0 fully saturated rings. The van der Waals surface area contributed by atoms with E-state index < -0.39 is 0 Å². The van der Waals surface area contributed by atoms with Crippen LogP contribution in [0.15, 0.2) is 11.8 Å². The molecule has 2 N–H and O–H groups in total. The summed E-state index contributed by atoms with van der Waals surface area (Å²) in [6.07, 6.45) is 3.27. The van der Waals surface area contributed by atoms with E-state index in [2.05, 4.69) is 4.74 Å². The summed E-state index contributed by atoms with van der Waals surface area (Å²) in [5.41, 5.74) is 6.27. The van der Waals surface area contributed by atoms with Crippen molar-refractivity contribution in [2.75, 3.05) is 7.11 Å². The van der Waals surface area contributed by atoms with Crippen LogP contribution in [0.3, 0.4) is 0 Å². The lowest BCUT2D eigenvalue weighted by Crippen LogP contribution is -2.13. The maximum atomic E-state index is 10.8. The van der Waals surface area contributed by atoms with Crippen LogP contribution < -0.4 is 5.73 Å². The molecule has 3 heteroatoms. The molecule has 3 nitrogen and oxygen atoms in total. The van der Waals surface area contributed by atoms with Gasteiger partial charge >= 0.3 is 5.97 Å². The van der Waals surface area contributed by atoms with Gasteiger partial charge in [0.05, 0.1) is 13.0 Å². The Morgan fingerprint density at radius 3 is 3.00 bits per heavy atom. The maximum Gasteiger partial charge on any atom is 0.309 e. The number of nitrogens with two attached hydrogens (primary N) is 1. The summed E-state index contributed by atoms with van der Waals surface area (Å²) in [6, 6.07) is 0. The van der Waals surface area contributed by atoms with Crippen molar-refractivity contribution in [3.05, 3.63) is 11.8 Å². The topological polar surface area (TPSA) is 52.3 Å². The Morgan fingerprint density at radius 2 is 2.60 bits per heavy atom. The van der Waals surface area contributed by atoms with Gasteiger partial charge in [0.15, 0.2) is 0 Å². The number of esters is 1. The highest BCUT2D eigenvalue weighted by atomic mass is 16.5. The number of methoxy groups -OCH3 is 1. The van der Waals surface area contributed by atoms with Crippen LogP contribution in [0.2, 0.25) is 0 Å². The fourth-order valence-electron chi connectivity index (χ4n) is 1.09. The number of allylic oxidation sites excluding steroid dienone is 2. The summed E-state index contributed by atoms with van der Waals surface area (Å²) in [6.45, 7) is 0. The highest BCUT2D eigenvalue weighted by Crippen LogP contribution is 2.22. The molecule has 0 saturated carbocycles. The van der Waals surface area contributed by atoms with Gasteiger partial charge in [0, 0.05) is 12.1 Å². The molecule has 56 valence electrons. The molecular formula is C7H11NO2. The highest BCUT2D eigenvalue weighted by molar-refractivity contribution is 5.73. The van der Waals surface area contributed by atoms with Gasteiger partial charge < -0.3 is 10.5 Å². The van der Waals surface area contributed by atoms with Gasteiger partial charge in [-0.05, 0) is 6.42 Å². The first-order valence-corrected chi connectivity index (χ1v) is 3.26. The molecule has 0 amide bonds. The van der Waals surface area contributed by atoms with Gasteiger partial charge in [0.25, 0.3) is 0 Å². The molecule has 0 aromatic heterocycles. The Kier molecular flexibility index (Phi) is 1.94. The average Bonchev–Trinajstić information content (AvgIpc) is 2.34. The second-order valence-electron chi connectivity index (χ2n) is 2.44. The van der Waals surface area contributed by atoms with Gasteiger partial charge in [-0.1, -0.05) is 6.08 Å². The predicted octanol–water partition coefficient (Wildman–Crippen LogP) is 0.412. The molecule has 1 aliphatic rings. The Hall–Kier alpha value is -0.990. The van der Waals surface area contributed by atoms with Crippen molar-refractivity contribution in [3.8, 4) is 0 Å². The molecule has 10 heavy (non-hydrogen) atoms. The first-order chi connectivity index (χ1) is 4.74. The standard InChI is InChI=1S/C7H11NO2/c1-10-7(9)5-2-3-6(8)4-5/h3,5H,2,4,8H2,1H3/t5-/m1/s1. The molecule has 0 unspecified atom stereocenters. The van der Waals surface area contributed by atoms with Crippen molar-refractivity contribution < 1.29 is 9.53 Å². The van der Waals surface area contributed by atoms with E-state index in [9.17, 15) is 4.79 Å². The monoisotopic (exact) mass is 141 g/mol. The number of ether oxygens (including phenoxy) is 1. The van der Waals surface area contributed by atoms with Gasteiger partial charge in [-0.15, -0.1) is 0 Å². The van der Waals surface area contributed by atoms with Gasteiger partial charge in [0.1, 0.15) is 0 Å². The van der Waals surface area contributed by atoms with Crippen molar-refractivity contribution >= 4 is 5.97 Å². The largest absolute Gasteiger partial charge is 0.469 e. The minimum atomic E-state index is -0.156. The average molecular weight is 141 g/mol. The number of carbonyl (C=O) groups is 1. The highest BCUT2D eigenvalue weighted by Gasteiger charge is 2.22. The van der Waals surface area contributed by atoms with Crippen molar-refractivity contribution in [3.63, 3.8) is 0 Å². The Labute approximate surface area is 59.8 Å². The smallest absolute Gasteiger partial charge is 0.309 e. The zero-order valence-electron chi connectivity index (χ0n) is 5.96. The van der Waals surface area contributed by atoms with Crippen molar-refractivity contribution in [1.29, 1.82) is 0 Å². The molecule has 1 atom stereocenters. The fourth-order valence-corrected chi connectivity index (χ4v) is 1.09. The third-order valence-corrected chi connectivity index (χ3v) is 1.68. The number of hydrogen-bond donors (Lipinski definition) is 1. The van der Waals surface area contributed by atoms with E-state index in [0.717, 1.165) is 12.1 Å². The number of hydrogen-bond acceptors (Lipinski definition) is 3. The van der Waals surface area contributed by atoms with Gasteiger partial charge in [-0.3, -0.25) is 4.79 Å². The van der Waals surface area contributed by atoms with Crippen molar-refractivity contribution in [2.24, 2.45) is 11.7 Å². The summed E-state index contributed by atoms with van der Waals surface area (Å²) < 4.78 is 4.55. The lowest BCUT2D eigenvalue weighted by Gasteiger charge is -2.04. The van der Waals surface area contributed by atoms with Crippen LogP contribution in [-0.2, 0) is 9.53 Å². The molecule has 0 saturated heterocycles. The fraction of sp³-hybridized carbons (Fsp3) is 0.571. The molecule has 1 aliphatic carbocycles. The second kappa shape index (κ2) is 2.73. The van der Waals surface area contributed by atoms with E-state index >= 15 is 0 Å². The molecule has 1 rings (SSSR count). The van der Waals surface area contributed by atoms with E-state index in [4.69, 9.17) is 5.73 Å². The molecular weight excluding hydrogens is 130 g/mol. The first kappa shape index (κ1) is 7.12. The molecule has 0 aromatic rings. The Bertz CT molecular complexity index is 174. The summed E-state index contributed by atoms with van der Waals surface area (Å²) >= 11 is 0. The van der Waals surface area contributed by atoms with E-state index in [1.807, 2.05) is 6.08 Å². The van der Waals surface area contributed by atoms with Crippen molar-refractivity contribution in [2.45, 2.75) is 12.8 Å². The summed E-state index contributed by atoms with van der Waals surface area (Å²) in [4.78, 5) is 10.8. The quantitative estimate of drug-likeness (QED) is 0.538. The van der Waals surface area contributed by atoms with E-state index in [1.165, 1.54) is 7.11 Å². The zero-order chi connectivity index (χ0) is 7.56. The number of rotatable bonds is 1. The third kappa shape index (κ3) is 1.29. The predicted molar refractivity (Wildman–Crippen MR) is 37.0 cm³/mol. The van der Waals surface area contributed by atoms with E-state index in [1.54, 1.807) is 0 Å². The van der Waals surface area contributed by atoms with Crippen LogP contribution in [0.1, 0.15) is 12.8 Å². The maximum absolute atomic E-state index is 10.8. The number of carbonyl (C=O) groups excluding carboxylic acids is 1. The molecule has 0 heterocycles. The Balaban J connectivity index is 2.42. The zero-order valence-corrected chi connectivity index (χ0v) is 5.96. The summed E-state index contributed by atoms with van der Waals surface area (Å²) in [5.74, 6) is -0.179. The lowest BCUT2D eigenvalue weighted by atomic mass is 10.1. The van der Waals surface area contributed by atoms with Gasteiger partial charge in [-0.2, -0.15) is 0 Å². The molecule has 0 aromatic carbocycles. The first-order valence-electron chi connectivity index (χ1n) is 3.26. The molecule has 0 radical (unpaired) electrons. The van der Waals surface area contributed by atoms with E-state index in [0.29, 0.717) is 6.42 Å². The van der Waals surface area contributed by atoms with Gasteiger partial charge in [-0.25, -0.2) is 0 Å². The van der Waals surface area contributed by atoms with Crippen LogP contribution in [0.25, 0.3) is 0 Å². The lowest BCUT2D eigenvalue weighted by molar-refractivity contribution is -0.145. The van der Waals surface area contributed by atoms with Crippen LogP contribution in [0.5, 0.6) is 0 Å². The molecule has 0 bridgehead atoms. The van der Waals surface area contributed by atoms with Crippen LogP contribution in [0, 0.1) is 5.92 Å². The van der Waals surface area contributed by atoms with Gasteiger partial charge in [0.2, 0.25) is 0 Å². The van der Waals surface area contributed by atoms with Crippen LogP contribution in [-0.4, -0.2) is 13.1 Å². The minimum absolute atomic E-state index is 0.0231. The van der Waals surface area contributed by atoms with Crippen LogP contribution in [0.4, 0.5) is 0 Å².